The van der Waals surface area contributed by atoms with E-state index in [1.165, 1.54) is 11.3 Å². The average Bonchev–Trinajstić information content (AvgIpc) is 2.44. The molecule has 0 aromatic carbocycles. The summed E-state index contributed by atoms with van der Waals surface area (Å²) in [6.07, 6.45) is 0. The summed E-state index contributed by atoms with van der Waals surface area (Å²) in [4.78, 5) is 12.3. The van der Waals surface area contributed by atoms with E-state index < -0.39 is 5.38 Å². The summed E-state index contributed by atoms with van der Waals surface area (Å²) in [5, 5.41) is 2.07. The second kappa shape index (κ2) is 5.53. The van der Waals surface area contributed by atoms with Gasteiger partial charge in [-0.3, -0.25) is 4.79 Å². The van der Waals surface area contributed by atoms with E-state index in [4.69, 9.17) is 23.2 Å². The molecule has 1 aromatic rings. The molecule has 0 fully saturated rings. The first kappa shape index (κ1) is 13.3. The number of carbonyl (C=O) groups excluding carboxylic acids is 1. The van der Waals surface area contributed by atoms with Gasteiger partial charge in [0.2, 0.25) is 5.91 Å². The predicted octanol–water partition coefficient (Wildman–Crippen LogP) is 3.97. The van der Waals surface area contributed by atoms with Crippen molar-refractivity contribution in [1.82, 2.24) is 5.32 Å². The third-order valence-corrected chi connectivity index (χ3v) is 4.68. The van der Waals surface area contributed by atoms with Crippen LogP contribution in [0.5, 0.6) is 0 Å². The molecular formula is C9H10BrCl2NOS. The molecule has 0 bridgehead atoms. The Morgan fingerprint density at radius 3 is 2.60 bits per heavy atom. The molecule has 1 heterocycles. The van der Waals surface area contributed by atoms with Crippen molar-refractivity contribution in [3.8, 4) is 0 Å². The van der Waals surface area contributed by atoms with Crippen molar-refractivity contribution in [2.75, 3.05) is 0 Å². The van der Waals surface area contributed by atoms with Crippen LogP contribution in [0.4, 0.5) is 0 Å². The van der Waals surface area contributed by atoms with Crippen LogP contribution in [0.25, 0.3) is 0 Å². The maximum atomic E-state index is 11.6. The van der Waals surface area contributed by atoms with E-state index in [-0.39, 0.29) is 11.9 Å². The fourth-order valence-electron chi connectivity index (χ4n) is 0.975. The van der Waals surface area contributed by atoms with E-state index in [0.29, 0.717) is 4.34 Å². The van der Waals surface area contributed by atoms with Gasteiger partial charge in [0.1, 0.15) is 9.71 Å². The van der Waals surface area contributed by atoms with Crippen LogP contribution in [0.15, 0.2) is 10.5 Å². The van der Waals surface area contributed by atoms with Crippen molar-refractivity contribution in [3.05, 3.63) is 19.8 Å². The number of hydrogen-bond acceptors (Lipinski definition) is 2. The van der Waals surface area contributed by atoms with Crippen molar-refractivity contribution >= 4 is 56.4 Å². The first-order valence-electron chi connectivity index (χ1n) is 4.31. The van der Waals surface area contributed by atoms with Crippen LogP contribution in [0, 0.1) is 0 Å². The van der Waals surface area contributed by atoms with E-state index in [0.717, 1.165) is 9.35 Å². The molecule has 0 spiro atoms. The number of halogens is 3. The van der Waals surface area contributed by atoms with Gasteiger partial charge in [-0.1, -0.05) is 11.6 Å². The summed E-state index contributed by atoms with van der Waals surface area (Å²) in [6.45, 7) is 3.78. The van der Waals surface area contributed by atoms with Gasteiger partial charge in [-0.05, 0) is 35.8 Å². The highest BCUT2D eigenvalue weighted by molar-refractivity contribution is 9.10. The maximum Gasteiger partial charge on any atom is 0.243 e. The normalized spacial score (nSPS) is 12.9. The number of rotatable bonds is 3. The van der Waals surface area contributed by atoms with Crippen molar-refractivity contribution in [3.63, 3.8) is 0 Å². The third-order valence-electron chi connectivity index (χ3n) is 1.58. The standard InChI is InChI=1S/C9H10BrCl2NOS/c1-4(2)13-9(14)7(11)6-3-5(10)8(12)15-6/h3-4,7H,1-2H3,(H,13,14). The molecule has 0 saturated heterocycles. The molecule has 1 N–H and O–H groups in total. The minimum absolute atomic E-state index is 0.0811. The highest BCUT2D eigenvalue weighted by Crippen LogP contribution is 2.37. The zero-order chi connectivity index (χ0) is 11.6. The van der Waals surface area contributed by atoms with E-state index in [1.807, 2.05) is 13.8 Å². The van der Waals surface area contributed by atoms with Gasteiger partial charge >= 0.3 is 0 Å². The summed E-state index contributed by atoms with van der Waals surface area (Å²) in [5.41, 5.74) is 0. The second-order valence-corrected chi connectivity index (χ2v) is 6.27. The van der Waals surface area contributed by atoms with Crippen LogP contribution in [0.3, 0.4) is 0 Å². The van der Waals surface area contributed by atoms with Crippen LogP contribution in [0.1, 0.15) is 24.1 Å². The van der Waals surface area contributed by atoms with Gasteiger partial charge in [0.25, 0.3) is 0 Å². The molecule has 2 nitrogen and oxygen atoms in total. The number of hydrogen-bond donors (Lipinski definition) is 1. The molecule has 0 saturated carbocycles. The van der Waals surface area contributed by atoms with Crippen LogP contribution < -0.4 is 5.32 Å². The van der Waals surface area contributed by atoms with Gasteiger partial charge in [0, 0.05) is 15.4 Å². The molecule has 1 amide bonds. The summed E-state index contributed by atoms with van der Waals surface area (Å²) in [5.74, 6) is -0.197. The van der Waals surface area contributed by atoms with E-state index >= 15 is 0 Å². The van der Waals surface area contributed by atoms with Crippen molar-refractivity contribution in [2.45, 2.75) is 25.3 Å². The van der Waals surface area contributed by atoms with Crippen LogP contribution in [-0.4, -0.2) is 11.9 Å². The smallest absolute Gasteiger partial charge is 0.243 e. The Hall–Kier alpha value is 0.230. The average molecular weight is 331 g/mol. The number of thiophene rings is 1. The molecule has 1 unspecified atom stereocenters. The fourth-order valence-corrected chi connectivity index (χ4v) is 2.95. The molecule has 1 aromatic heterocycles. The summed E-state index contributed by atoms with van der Waals surface area (Å²) in [7, 11) is 0. The number of carbonyl (C=O) groups is 1. The first-order chi connectivity index (χ1) is 6.91. The SMILES string of the molecule is CC(C)NC(=O)C(Cl)c1cc(Br)c(Cl)s1. The lowest BCUT2D eigenvalue weighted by molar-refractivity contribution is -0.121. The molecule has 0 radical (unpaired) electrons. The minimum atomic E-state index is -0.679. The quantitative estimate of drug-likeness (QED) is 0.835. The Morgan fingerprint density at radius 1 is 1.60 bits per heavy atom. The topological polar surface area (TPSA) is 29.1 Å². The van der Waals surface area contributed by atoms with Crippen LogP contribution in [0.2, 0.25) is 4.34 Å². The molecule has 0 aliphatic heterocycles. The summed E-state index contributed by atoms with van der Waals surface area (Å²) < 4.78 is 1.38. The van der Waals surface area contributed by atoms with Gasteiger partial charge in [-0.25, -0.2) is 0 Å². The monoisotopic (exact) mass is 329 g/mol. The third kappa shape index (κ3) is 3.63. The van der Waals surface area contributed by atoms with Gasteiger partial charge in [0.15, 0.2) is 0 Å². The molecular weight excluding hydrogens is 321 g/mol. The van der Waals surface area contributed by atoms with Crippen molar-refractivity contribution in [1.29, 1.82) is 0 Å². The highest BCUT2D eigenvalue weighted by atomic mass is 79.9. The molecule has 15 heavy (non-hydrogen) atoms. The minimum Gasteiger partial charge on any atom is -0.352 e. The Morgan fingerprint density at radius 2 is 2.20 bits per heavy atom. The predicted molar refractivity (Wildman–Crippen MR) is 68.9 cm³/mol. The lowest BCUT2D eigenvalue weighted by Crippen LogP contribution is -2.32. The van der Waals surface area contributed by atoms with E-state index in [9.17, 15) is 4.79 Å². The van der Waals surface area contributed by atoms with Crippen LogP contribution >= 0.6 is 50.5 Å². The van der Waals surface area contributed by atoms with E-state index in [2.05, 4.69) is 21.2 Å². The van der Waals surface area contributed by atoms with Gasteiger partial charge in [0.05, 0.1) is 0 Å². The summed E-state index contributed by atoms with van der Waals surface area (Å²) in [6, 6.07) is 1.85. The van der Waals surface area contributed by atoms with Gasteiger partial charge in [-0.15, -0.1) is 22.9 Å². The first-order valence-corrected chi connectivity index (χ1v) is 6.73. The Labute approximate surface area is 111 Å². The van der Waals surface area contributed by atoms with Gasteiger partial charge in [-0.2, -0.15) is 0 Å². The Balaban J connectivity index is 2.76. The largest absolute Gasteiger partial charge is 0.352 e. The second-order valence-electron chi connectivity index (χ2n) is 3.30. The number of amides is 1. The number of alkyl halides is 1. The molecule has 6 heteroatoms. The highest BCUT2D eigenvalue weighted by Gasteiger charge is 2.21. The summed E-state index contributed by atoms with van der Waals surface area (Å²) >= 11 is 16.4. The molecule has 84 valence electrons. The van der Waals surface area contributed by atoms with Gasteiger partial charge < -0.3 is 5.32 Å². The maximum absolute atomic E-state index is 11.6. The fraction of sp³-hybridized carbons (Fsp3) is 0.444. The number of nitrogens with one attached hydrogen (secondary N) is 1. The Kier molecular flexibility index (Phi) is 4.90. The lowest BCUT2D eigenvalue weighted by Gasteiger charge is -2.11. The van der Waals surface area contributed by atoms with Crippen LogP contribution in [-0.2, 0) is 4.79 Å². The molecule has 1 atom stereocenters. The van der Waals surface area contributed by atoms with Crippen molar-refractivity contribution in [2.24, 2.45) is 0 Å². The molecule has 1 rings (SSSR count). The zero-order valence-electron chi connectivity index (χ0n) is 8.18. The lowest BCUT2D eigenvalue weighted by atomic mass is 10.3. The zero-order valence-corrected chi connectivity index (χ0v) is 12.1. The van der Waals surface area contributed by atoms with E-state index in [1.54, 1.807) is 6.07 Å². The molecule has 0 aliphatic carbocycles. The molecule has 0 aliphatic rings. The van der Waals surface area contributed by atoms with Crippen molar-refractivity contribution < 1.29 is 4.79 Å². The Bertz CT molecular complexity index is 347.